The van der Waals surface area contributed by atoms with Crippen molar-refractivity contribution in [3.63, 3.8) is 0 Å². The molecule has 17 heavy (non-hydrogen) atoms. The molecule has 0 saturated heterocycles. The van der Waals surface area contributed by atoms with Gasteiger partial charge in [-0.05, 0) is 36.7 Å². The Bertz CT molecular complexity index is 323. The van der Waals surface area contributed by atoms with Crippen molar-refractivity contribution in [3.8, 4) is 0 Å². The van der Waals surface area contributed by atoms with E-state index in [4.69, 9.17) is 4.74 Å². The van der Waals surface area contributed by atoms with E-state index in [1.165, 1.54) is 5.56 Å². The second kappa shape index (κ2) is 6.18. The molecule has 0 spiro atoms. The highest BCUT2D eigenvalue weighted by Gasteiger charge is 2.30. The summed E-state index contributed by atoms with van der Waals surface area (Å²) in [6, 6.07) is 10.3. The van der Waals surface area contributed by atoms with E-state index in [1.807, 2.05) is 18.2 Å². The molecule has 3 atom stereocenters. The van der Waals surface area contributed by atoms with Crippen molar-refractivity contribution in [2.45, 2.75) is 38.9 Å². The number of rotatable bonds is 5. The fourth-order valence-electron chi connectivity index (χ4n) is 2.63. The first-order chi connectivity index (χ1) is 8.27. The van der Waals surface area contributed by atoms with Crippen LogP contribution in [0.3, 0.4) is 0 Å². The first-order valence-electron chi connectivity index (χ1n) is 6.57. The third-order valence-corrected chi connectivity index (χ3v) is 3.93. The third kappa shape index (κ3) is 3.55. The van der Waals surface area contributed by atoms with Crippen LogP contribution in [0.25, 0.3) is 0 Å². The lowest BCUT2D eigenvalue weighted by Gasteiger charge is -2.17. The standard InChI is InChI=1S/C15H22O2/c1-12-14(7-8-15(12)16)9-10-17-11-13-5-3-2-4-6-13/h2-6,12,14-16H,7-11H2,1H3. The molecule has 1 fully saturated rings. The van der Waals surface area contributed by atoms with Crippen molar-refractivity contribution in [2.75, 3.05) is 6.61 Å². The zero-order valence-corrected chi connectivity index (χ0v) is 10.5. The molecule has 2 nitrogen and oxygen atoms in total. The van der Waals surface area contributed by atoms with Gasteiger partial charge in [0.1, 0.15) is 0 Å². The molecule has 0 heterocycles. The average Bonchev–Trinajstić information content (AvgIpc) is 2.67. The molecule has 0 bridgehead atoms. The summed E-state index contributed by atoms with van der Waals surface area (Å²) in [6.45, 7) is 3.65. The van der Waals surface area contributed by atoms with Gasteiger partial charge < -0.3 is 9.84 Å². The van der Waals surface area contributed by atoms with Gasteiger partial charge in [-0.2, -0.15) is 0 Å². The first kappa shape index (κ1) is 12.6. The molecule has 0 radical (unpaired) electrons. The van der Waals surface area contributed by atoms with E-state index >= 15 is 0 Å². The molecule has 94 valence electrons. The largest absolute Gasteiger partial charge is 0.393 e. The number of ether oxygens (including phenoxy) is 1. The lowest BCUT2D eigenvalue weighted by molar-refractivity contribution is 0.0877. The molecule has 0 aliphatic heterocycles. The molecule has 0 aromatic heterocycles. The summed E-state index contributed by atoms with van der Waals surface area (Å²) in [5, 5.41) is 9.66. The van der Waals surface area contributed by atoms with Crippen LogP contribution in [-0.4, -0.2) is 17.8 Å². The van der Waals surface area contributed by atoms with Crippen molar-refractivity contribution >= 4 is 0 Å². The van der Waals surface area contributed by atoms with Crippen molar-refractivity contribution in [1.29, 1.82) is 0 Å². The topological polar surface area (TPSA) is 29.5 Å². The fraction of sp³-hybridized carbons (Fsp3) is 0.600. The molecule has 3 unspecified atom stereocenters. The lowest BCUT2D eigenvalue weighted by Crippen LogP contribution is -2.16. The molecule has 2 heteroatoms. The van der Waals surface area contributed by atoms with E-state index in [-0.39, 0.29) is 6.10 Å². The molecular weight excluding hydrogens is 212 g/mol. The normalized spacial score (nSPS) is 28.5. The molecule has 1 N–H and O–H groups in total. The Labute approximate surface area is 104 Å². The molecule has 0 amide bonds. The maximum atomic E-state index is 9.66. The van der Waals surface area contributed by atoms with E-state index in [1.54, 1.807) is 0 Å². The minimum atomic E-state index is -0.0888. The zero-order valence-electron chi connectivity index (χ0n) is 10.5. The number of aliphatic hydroxyl groups excluding tert-OH is 1. The van der Waals surface area contributed by atoms with Gasteiger partial charge in [-0.3, -0.25) is 0 Å². The van der Waals surface area contributed by atoms with Gasteiger partial charge in [0.15, 0.2) is 0 Å². The van der Waals surface area contributed by atoms with Gasteiger partial charge >= 0.3 is 0 Å². The summed E-state index contributed by atoms with van der Waals surface area (Å²) in [5.41, 5.74) is 1.23. The quantitative estimate of drug-likeness (QED) is 0.794. The highest BCUT2D eigenvalue weighted by molar-refractivity contribution is 5.13. The Hall–Kier alpha value is -0.860. The van der Waals surface area contributed by atoms with Gasteiger partial charge in [0.05, 0.1) is 12.7 Å². The Morgan fingerprint density at radius 2 is 2.00 bits per heavy atom. The SMILES string of the molecule is CC1C(O)CCC1CCOCc1ccccc1. The highest BCUT2D eigenvalue weighted by Crippen LogP contribution is 2.33. The number of benzene rings is 1. The highest BCUT2D eigenvalue weighted by atomic mass is 16.5. The summed E-state index contributed by atoms with van der Waals surface area (Å²) in [5.74, 6) is 1.08. The fourth-order valence-corrected chi connectivity index (χ4v) is 2.63. The van der Waals surface area contributed by atoms with Crippen molar-refractivity contribution in [3.05, 3.63) is 35.9 Å². The zero-order chi connectivity index (χ0) is 12.1. The van der Waals surface area contributed by atoms with Crippen LogP contribution < -0.4 is 0 Å². The van der Waals surface area contributed by atoms with Crippen LogP contribution in [0.15, 0.2) is 30.3 Å². The minimum absolute atomic E-state index is 0.0888. The monoisotopic (exact) mass is 234 g/mol. The minimum Gasteiger partial charge on any atom is -0.393 e. The summed E-state index contributed by atoms with van der Waals surface area (Å²) >= 11 is 0. The maximum Gasteiger partial charge on any atom is 0.0716 e. The van der Waals surface area contributed by atoms with E-state index in [0.717, 1.165) is 25.9 Å². The van der Waals surface area contributed by atoms with Crippen molar-refractivity contribution in [1.82, 2.24) is 0 Å². The molecule has 2 rings (SSSR count). The van der Waals surface area contributed by atoms with Crippen LogP contribution in [0.1, 0.15) is 31.7 Å². The molecule has 1 saturated carbocycles. The van der Waals surface area contributed by atoms with Crippen LogP contribution in [0, 0.1) is 11.8 Å². The third-order valence-electron chi connectivity index (χ3n) is 3.93. The molecule has 1 aromatic carbocycles. The molecule has 1 aromatic rings. The van der Waals surface area contributed by atoms with Gasteiger partial charge in [-0.1, -0.05) is 37.3 Å². The molecule has 1 aliphatic carbocycles. The van der Waals surface area contributed by atoms with Crippen LogP contribution >= 0.6 is 0 Å². The van der Waals surface area contributed by atoms with E-state index < -0.39 is 0 Å². The lowest BCUT2D eigenvalue weighted by atomic mass is 9.94. The Morgan fingerprint density at radius 3 is 2.65 bits per heavy atom. The Balaban J connectivity index is 1.64. The maximum absolute atomic E-state index is 9.66. The van der Waals surface area contributed by atoms with Gasteiger partial charge in [-0.25, -0.2) is 0 Å². The van der Waals surface area contributed by atoms with E-state index in [9.17, 15) is 5.11 Å². The van der Waals surface area contributed by atoms with E-state index in [0.29, 0.717) is 18.4 Å². The van der Waals surface area contributed by atoms with Gasteiger partial charge in [0, 0.05) is 6.61 Å². The van der Waals surface area contributed by atoms with Crippen LogP contribution in [0.5, 0.6) is 0 Å². The number of hydrogen-bond acceptors (Lipinski definition) is 2. The van der Waals surface area contributed by atoms with Crippen LogP contribution in [0.2, 0.25) is 0 Å². The van der Waals surface area contributed by atoms with Gasteiger partial charge in [-0.15, -0.1) is 0 Å². The van der Waals surface area contributed by atoms with Crippen LogP contribution in [0.4, 0.5) is 0 Å². The molecular formula is C15H22O2. The average molecular weight is 234 g/mol. The summed E-state index contributed by atoms with van der Waals surface area (Å²) in [7, 11) is 0. The summed E-state index contributed by atoms with van der Waals surface area (Å²) < 4.78 is 5.68. The Morgan fingerprint density at radius 1 is 1.24 bits per heavy atom. The molecule has 1 aliphatic rings. The van der Waals surface area contributed by atoms with Crippen molar-refractivity contribution < 1.29 is 9.84 Å². The van der Waals surface area contributed by atoms with Gasteiger partial charge in [0.25, 0.3) is 0 Å². The summed E-state index contributed by atoms with van der Waals surface area (Å²) in [4.78, 5) is 0. The number of aliphatic hydroxyl groups is 1. The number of hydrogen-bond donors (Lipinski definition) is 1. The first-order valence-corrected chi connectivity index (χ1v) is 6.57. The van der Waals surface area contributed by atoms with Crippen LogP contribution in [-0.2, 0) is 11.3 Å². The van der Waals surface area contributed by atoms with Crippen molar-refractivity contribution in [2.24, 2.45) is 11.8 Å². The second-order valence-corrected chi connectivity index (χ2v) is 5.09. The van der Waals surface area contributed by atoms with Gasteiger partial charge in [0.2, 0.25) is 0 Å². The second-order valence-electron chi connectivity index (χ2n) is 5.09. The smallest absolute Gasteiger partial charge is 0.0716 e. The van der Waals surface area contributed by atoms with E-state index in [2.05, 4.69) is 19.1 Å². The predicted octanol–water partition coefficient (Wildman–Crippen LogP) is 3.00. The Kier molecular flexibility index (Phi) is 4.57. The predicted molar refractivity (Wildman–Crippen MR) is 68.6 cm³/mol. The summed E-state index contributed by atoms with van der Waals surface area (Å²) in [6.07, 6.45) is 3.10.